The predicted octanol–water partition coefficient (Wildman–Crippen LogP) is 13.8. The highest BCUT2D eigenvalue weighted by Crippen LogP contribution is 2.44. The predicted molar refractivity (Wildman–Crippen MR) is 260 cm³/mol. The lowest BCUT2D eigenvalue weighted by atomic mass is 9.83. The van der Waals surface area contributed by atoms with E-state index in [9.17, 15) is 0 Å². The molecule has 0 saturated carbocycles. The highest BCUT2D eigenvalue weighted by Gasteiger charge is 2.32. The lowest BCUT2D eigenvalue weighted by Gasteiger charge is -2.30. The van der Waals surface area contributed by atoms with Gasteiger partial charge in [-0.15, -0.1) is 0 Å². The van der Waals surface area contributed by atoms with Crippen LogP contribution in [-0.2, 0) is 0 Å². The van der Waals surface area contributed by atoms with Crippen molar-refractivity contribution in [2.75, 3.05) is 0 Å². The van der Waals surface area contributed by atoms with Crippen LogP contribution >= 0.6 is 0 Å². The lowest BCUT2D eigenvalue weighted by Crippen LogP contribution is -2.28. The van der Waals surface area contributed by atoms with Crippen molar-refractivity contribution in [2.45, 2.75) is 19.4 Å². The van der Waals surface area contributed by atoms with E-state index in [0.717, 1.165) is 90.6 Å². The summed E-state index contributed by atoms with van der Waals surface area (Å²) in [5, 5.41) is 3.48. The summed E-state index contributed by atoms with van der Waals surface area (Å²) in [5.41, 5.74) is 14.0. The van der Waals surface area contributed by atoms with Gasteiger partial charge >= 0.3 is 0 Å². The number of aliphatic imine (C=N–C) groups is 2. The number of hydrogen-bond acceptors (Lipinski definition) is 3. The van der Waals surface area contributed by atoms with Gasteiger partial charge in [0.05, 0.1) is 28.3 Å². The number of hydrogen-bond donors (Lipinski definition) is 0. The van der Waals surface area contributed by atoms with E-state index >= 15 is 0 Å². The van der Waals surface area contributed by atoms with Gasteiger partial charge in [-0.25, -0.2) is 9.98 Å². The van der Waals surface area contributed by atoms with Crippen molar-refractivity contribution in [3.63, 3.8) is 0 Å². The molecule has 0 spiro atoms. The fourth-order valence-corrected chi connectivity index (χ4v) is 9.87. The summed E-state index contributed by atoms with van der Waals surface area (Å²) in [6.45, 7) is 2.25. The van der Waals surface area contributed by atoms with Crippen molar-refractivity contribution in [3.8, 4) is 28.5 Å². The Balaban J connectivity index is 1.12. The average Bonchev–Trinajstić information content (AvgIpc) is 4.02. The summed E-state index contributed by atoms with van der Waals surface area (Å²) in [6.07, 6.45) is 0.927. The topological polar surface area (TPSA) is 52.4 Å². The Hall–Kier alpha value is -8.09. The second-order valence-electron chi connectivity index (χ2n) is 16.3. The molecule has 0 fully saturated rings. The van der Waals surface area contributed by atoms with Gasteiger partial charge in [0, 0.05) is 50.3 Å². The van der Waals surface area contributed by atoms with Crippen molar-refractivity contribution >= 4 is 55.4 Å². The second-order valence-corrected chi connectivity index (χ2v) is 16.3. The number of nitrogens with zero attached hydrogens (tertiary/aromatic N) is 6. The van der Waals surface area contributed by atoms with Gasteiger partial charge in [0.1, 0.15) is 11.3 Å². The molecule has 0 bridgehead atoms. The van der Waals surface area contributed by atoms with Gasteiger partial charge in [-0.05, 0) is 72.1 Å². The molecule has 0 saturated heterocycles. The quantitative estimate of drug-likeness (QED) is 0.151. The summed E-state index contributed by atoms with van der Waals surface area (Å²) in [5.74, 6) is 1.80. The van der Waals surface area contributed by atoms with Gasteiger partial charge in [0.25, 0.3) is 0 Å². The normalized spacial score (nSPS) is 15.3. The minimum Gasteiger partial charge on any atom is -0.309 e. The van der Waals surface area contributed by atoms with Crippen molar-refractivity contribution < 1.29 is 0 Å². The first-order valence-corrected chi connectivity index (χ1v) is 21.8. The largest absolute Gasteiger partial charge is 0.309 e. The Labute approximate surface area is 365 Å². The van der Waals surface area contributed by atoms with E-state index in [1.165, 1.54) is 16.3 Å². The molecule has 2 atom stereocenters. The van der Waals surface area contributed by atoms with Crippen LogP contribution in [0.1, 0.15) is 36.1 Å². The number of amidine groups is 1. The maximum atomic E-state index is 5.55. The SMILES string of the molecule is CCC1C(c2ccccc2)=NC(c2cccc(-n3c4ccccc4c4c3ccc3c5c(nc(-c6ccccc6)n5-c5ccccc5)n(-c5ccccc5)c34)c2)=NC1c1ccccc1. The van der Waals surface area contributed by atoms with Crippen LogP contribution in [0.5, 0.6) is 0 Å². The number of imidazole rings is 1. The third-order valence-corrected chi connectivity index (χ3v) is 12.7. The first-order chi connectivity index (χ1) is 31.2. The number of fused-ring (bicyclic) bond motifs is 7. The van der Waals surface area contributed by atoms with E-state index < -0.39 is 0 Å². The molecule has 1 aliphatic heterocycles. The molecular formula is C57H42N6. The number of benzene rings is 8. The molecule has 0 amide bonds. The van der Waals surface area contributed by atoms with Crippen LogP contribution in [0.4, 0.5) is 0 Å². The Morgan fingerprint density at radius 1 is 0.460 bits per heavy atom. The summed E-state index contributed by atoms with van der Waals surface area (Å²) >= 11 is 0. The Kier molecular flexibility index (Phi) is 8.82. The summed E-state index contributed by atoms with van der Waals surface area (Å²) < 4.78 is 7.11. The van der Waals surface area contributed by atoms with Crippen LogP contribution in [0.2, 0.25) is 0 Å². The maximum Gasteiger partial charge on any atom is 0.165 e. The lowest BCUT2D eigenvalue weighted by molar-refractivity contribution is 0.532. The fraction of sp³-hybridized carbons (Fsp3) is 0.0702. The van der Waals surface area contributed by atoms with Crippen LogP contribution in [-0.4, -0.2) is 30.2 Å². The second kappa shape index (κ2) is 15.1. The molecule has 8 aromatic carbocycles. The van der Waals surface area contributed by atoms with Crippen molar-refractivity contribution in [3.05, 3.63) is 229 Å². The zero-order chi connectivity index (χ0) is 41.9. The van der Waals surface area contributed by atoms with Crippen molar-refractivity contribution in [2.24, 2.45) is 15.9 Å². The van der Waals surface area contributed by atoms with Gasteiger partial charge < -0.3 is 4.57 Å². The smallest absolute Gasteiger partial charge is 0.165 e. The Morgan fingerprint density at radius 2 is 1.05 bits per heavy atom. The number of para-hydroxylation sites is 3. The molecule has 0 radical (unpaired) electrons. The number of aromatic nitrogens is 4. The standard InChI is InChI=1S/C57H42N6/c1-2-45-51(38-21-8-3-9-22-38)58-55(59-52(45)39-23-10-4-11-24-39)41-27-20-32-44(37-41)61-48-34-19-18-33-46(48)50-49(61)36-35-47-53(50)62(42-28-14-6-15-29-42)57-54(47)63(43-30-16-7-17-31-43)56(60-57)40-25-12-5-13-26-40/h3-37,45,51H,2H2,1H3. The van der Waals surface area contributed by atoms with E-state index in [-0.39, 0.29) is 12.0 Å². The molecule has 3 aromatic heterocycles. The molecule has 11 aromatic rings. The maximum absolute atomic E-state index is 5.55. The highest BCUT2D eigenvalue weighted by atomic mass is 15.2. The van der Waals surface area contributed by atoms with E-state index in [1.807, 2.05) is 0 Å². The van der Waals surface area contributed by atoms with E-state index in [0.29, 0.717) is 0 Å². The zero-order valence-electron chi connectivity index (χ0n) is 34.8. The number of rotatable bonds is 8. The first kappa shape index (κ1) is 36.7. The third-order valence-electron chi connectivity index (χ3n) is 12.7. The summed E-state index contributed by atoms with van der Waals surface area (Å²) in [4.78, 5) is 16.4. The summed E-state index contributed by atoms with van der Waals surface area (Å²) in [6, 6.07) is 75.2. The van der Waals surface area contributed by atoms with Gasteiger partial charge in [-0.3, -0.25) is 14.1 Å². The average molecular weight is 811 g/mol. The molecule has 63 heavy (non-hydrogen) atoms. The monoisotopic (exact) mass is 810 g/mol. The minimum absolute atomic E-state index is 0.0580. The Bertz CT molecular complexity index is 3530. The first-order valence-electron chi connectivity index (χ1n) is 21.8. The molecule has 6 nitrogen and oxygen atoms in total. The molecule has 2 unspecified atom stereocenters. The molecule has 1 aliphatic rings. The van der Waals surface area contributed by atoms with E-state index in [4.69, 9.17) is 15.0 Å². The van der Waals surface area contributed by atoms with Gasteiger partial charge in [0.2, 0.25) is 0 Å². The van der Waals surface area contributed by atoms with Crippen LogP contribution in [0.15, 0.2) is 222 Å². The molecule has 12 rings (SSSR count). The summed E-state index contributed by atoms with van der Waals surface area (Å²) in [7, 11) is 0. The van der Waals surface area contributed by atoms with Crippen LogP contribution < -0.4 is 0 Å². The molecule has 6 heteroatoms. The van der Waals surface area contributed by atoms with Gasteiger partial charge in [-0.1, -0.05) is 165 Å². The van der Waals surface area contributed by atoms with Crippen LogP contribution in [0.25, 0.3) is 72.3 Å². The molecule has 0 N–H and O–H groups in total. The molecule has 300 valence electrons. The van der Waals surface area contributed by atoms with Crippen LogP contribution in [0, 0.1) is 5.92 Å². The molecule has 4 heterocycles. The van der Waals surface area contributed by atoms with Crippen molar-refractivity contribution in [1.29, 1.82) is 0 Å². The Morgan fingerprint density at radius 3 is 1.75 bits per heavy atom. The van der Waals surface area contributed by atoms with Gasteiger partial charge in [0.15, 0.2) is 11.5 Å². The third kappa shape index (κ3) is 5.98. The van der Waals surface area contributed by atoms with E-state index in [2.05, 4.69) is 233 Å². The zero-order valence-corrected chi connectivity index (χ0v) is 34.8. The highest BCUT2D eigenvalue weighted by molar-refractivity contribution is 6.26. The molecular weight excluding hydrogens is 769 g/mol. The minimum atomic E-state index is -0.0580. The van der Waals surface area contributed by atoms with Gasteiger partial charge in [-0.2, -0.15) is 0 Å². The van der Waals surface area contributed by atoms with Crippen molar-refractivity contribution in [1.82, 2.24) is 18.7 Å². The molecule has 0 aliphatic carbocycles. The van der Waals surface area contributed by atoms with E-state index in [1.54, 1.807) is 0 Å². The van der Waals surface area contributed by atoms with Crippen LogP contribution in [0.3, 0.4) is 0 Å². The fourth-order valence-electron chi connectivity index (χ4n) is 9.87.